The second-order valence-electron chi connectivity index (χ2n) is 3.79. The molecule has 0 atom stereocenters. The largest absolute Gasteiger partial charge is 0.337 e. The van der Waals surface area contributed by atoms with Crippen molar-refractivity contribution in [1.82, 2.24) is 9.88 Å². The number of hydrogen-bond acceptors (Lipinski definition) is 3. The Labute approximate surface area is 102 Å². The summed E-state index contributed by atoms with van der Waals surface area (Å²) < 4.78 is 0. The number of likely N-dealkylation sites (tertiary alicyclic amines) is 1. The number of hydrogen-bond donors (Lipinski definition) is 0. The van der Waals surface area contributed by atoms with E-state index in [0.717, 1.165) is 32.2 Å². The summed E-state index contributed by atoms with van der Waals surface area (Å²) >= 11 is 0. The van der Waals surface area contributed by atoms with Crippen LogP contribution in [0.4, 0.5) is 0 Å². The van der Waals surface area contributed by atoms with Gasteiger partial charge in [-0.3, -0.25) is 9.78 Å². The van der Waals surface area contributed by atoms with Crippen LogP contribution >= 0.6 is 0 Å². The van der Waals surface area contributed by atoms with E-state index in [1.54, 1.807) is 12.3 Å². The van der Waals surface area contributed by atoms with Crippen molar-refractivity contribution in [1.29, 1.82) is 0 Å². The molecule has 2 rings (SSSR count). The number of nitrogens with zero attached hydrogens (tertiary/aromatic N) is 2. The number of carbonyl (C=O) groups is 2. The summed E-state index contributed by atoms with van der Waals surface area (Å²) in [5.41, 5.74) is 0.560. The Morgan fingerprint density at radius 2 is 2.06 bits per heavy atom. The second kappa shape index (κ2) is 7.54. The maximum atomic E-state index is 11.7. The van der Waals surface area contributed by atoms with Crippen LogP contribution in [0.5, 0.6) is 0 Å². The van der Waals surface area contributed by atoms with Crippen LogP contribution in [0.15, 0.2) is 24.4 Å². The van der Waals surface area contributed by atoms with Crippen molar-refractivity contribution in [3.63, 3.8) is 0 Å². The molecule has 4 heteroatoms. The van der Waals surface area contributed by atoms with Crippen molar-refractivity contribution in [3.05, 3.63) is 30.1 Å². The van der Waals surface area contributed by atoms with Gasteiger partial charge >= 0.3 is 0 Å². The summed E-state index contributed by atoms with van der Waals surface area (Å²) in [5, 5.41) is 0. The van der Waals surface area contributed by atoms with Gasteiger partial charge < -0.3 is 9.69 Å². The van der Waals surface area contributed by atoms with Crippen LogP contribution in [0.2, 0.25) is 0 Å². The molecule has 0 bridgehead atoms. The number of aromatic nitrogens is 1. The quantitative estimate of drug-likeness (QED) is 0.734. The fourth-order valence-electron chi connectivity index (χ4n) is 1.57. The molecule has 1 aromatic heterocycles. The van der Waals surface area contributed by atoms with Gasteiger partial charge in [0.05, 0.1) is 0 Å². The van der Waals surface area contributed by atoms with E-state index in [0.29, 0.717) is 12.1 Å². The predicted octanol–water partition coefficient (Wildman–Crippen LogP) is 1.91. The minimum atomic E-state index is 0.0677. The number of rotatable bonds is 2. The summed E-state index contributed by atoms with van der Waals surface area (Å²) in [7, 11) is 0. The first-order valence-corrected chi connectivity index (χ1v) is 5.93. The summed E-state index contributed by atoms with van der Waals surface area (Å²) in [6.45, 7) is 3.58. The lowest BCUT2D eigenvalue weighted by Crippen LogP contribution is -2.28. The Kier molecular flexibility index (Phi) is 5.93. The van der Waals surface area contributed by atoms with E-state index in [9.17, 15) is 9.59 Å². The summed E-state index contributed by atoms with van der Waals surface area (Å²) in [5.74, 6) is 0.0677. The fourth-order valence-corrected chi connectivity index (χ4v) is 1.57. The molecule has 0 aliphatic carbocycles. The molecule has 1 fully saturated rings. The molecule has 0 unspecified atom stereocenters. The van der Waals surface area contributed by atoms with Crippen LogP contribution in [0.25, 0.3) is 0 Å². The highest BCUT2D eigenvalue weighted by molar-refractivity contribution is 5.92. The third-order valence-corrected chi connectivity index (χ3v) is 2.44. The van der Waals surface area contributed by atoms with Gasteiger partial charge in [-0.1, -0.05) is 13.0 Å². The molecule has 1 aliphatic heterocycles. The van der Waals surface area contributed by atoms with Crippen LogP contribution < -0.4 is 0 Å². The van der Waals surface area contributed by atoms with Crippen molar-refractivity contribution in [2.75, 3.05) is 13.1 Å². The van der Waals surface area contributed by atoms with Crippen molar-refractivity contribution in [2.24, 2.45) is 0 Å². The molecule has 0 spiro atoms. The number of amides is 1. The molecule has 0 saturated carbocycles. The molecule has 4 nitrogen and oxygen atoms in total. The van der Waals surface area contributed by atoms with Crippen molar-refractivity contribution in [2.45, 2.75) is 26.2 Å². The lowest BCUT2D eigenvalue weighted by molar-refractivity contribution is -0.107. The monoisotopic (exact) mass is 234 g/mol. The zero-order valence-corrected chi connectivity index (χ0v) is 10.1. The molecular formula is C13H18N2O2. The van der Waals surface area contributed by atoms with E-state index in [1.165, 1.54) is 0 Å². The lowest BCUT2D eigenvalue weighted by Gasteiger charge is -2.13. The van der Waals surface area contributed by atoms with Crippen LogP contribution in [0, 0.1) is 0 Å². The maximum absolute atomic E-state index is 11.7. The standard InChI is InChI=1S/C10H12N2O.C3H6O/c13-10(12-7-3-4-8-12)9-5-1-2-6-11-9;1-2-3-4/h1-2,5-6H,3-4,7-8H2;3H,2H2,1H3. The average Bonchev–Trinajstić information content (AvgIpc) is 2.93. The zero-order valence-electron chi connectivity index (χ0n) is 10.1. The Balaban J connectivity index is 0.000000317. The van der Waals surface area contributed by atoms with Gasteiger partial charge in [-0.25, -0.2) is 0 Å². The maximum Gasteiger partial charge on any atom is 0.272 e. The molecule has 0 radical (unpaired) electrons. The Bertz CT molecular complexity index is 346. The van der Waals surface area contributed by atoms with E-state index in [1.807, 2.05) is 24.0 Å². The minimum Gasteiger partial charge on any atom is -0.337 e. The molecule has 2 heterocycles. The molecule has 1 aromatic rings. The lowest BCUT2D eigenvalue weighted by atomic mass is 10.3. The van der Waals surface area contributed by atoms with Crippen LogP contribution in [-0.4, -0.2) is 35.2 Å². The molecule has 1 saturated heterocycles. The molecule has 0 N–H and O–H groups in total. The van der Waals surface area contributed by atoms with Gasteiger partial charge in [-0.05, 0) is 25.0 Å². The molecular weight excluding hydrogens is 216 g/mol. The predicted molar refractivity (Wildman–Crippen MR) is 65.7 cm³/mol. The number of aldehydes is 1. The summed E-state index contributed by atoms with van der Waals surface area (Å²) in [6.07, 6.45) is 5.42. The molecule has 17 heavy (non-hydrogen) atoms. The van der Waals surface area contributed by atoms with Gasteiger partial charge in [-0.2, -0.15) is 0 Å². The van der Waals surface area contributed by atoms with Gasteiger partial charge in [0, 0.05) is 25.7 Å². The van der Waals surface area contributed by atoms with Crippen LogP contribution in [0.1, 0.15) is 36.7 Å². The first-order chi connectivity index (χ1) is 8.29. The molecule has 1 aliphatic rings. The molecule has 0 aromatic carbocycles. The van der Waals surface area contributed by atoms with E-state index in [-0.39, 0.29) is 5.91 Å². The van der Waals surface area contributed by atoms with Crippen molar-refractivity contribution in [3.8, 4) is 0 Å². The average molecular weight is 234 g/mol. The van der Waals surface area contributed by atoms with E-state index in [2.05, 4.69) is 4.98 Å². The Hall–Kier alpha value is -1.71. The Morgan fingerprint density at radius 3 is 2.53 bits per heavy atom. The topological polar surface area (TPSA) is 50.3 Å². The number of carbonyl (C=O) groups excluding carboxylic acids is 2. The van der Waals surface area contributed by atoms with E-state index < -0.39 is 0 Å². The van der Waals surface area contributed by atoms with Gasteiger partial charge in [0.2, 0.25) is 0 Å². The highest BCUT2D eigenvalue weighted by Crippen LogP contribution is 2.10. The minimum absolute atomic E-state index is 0.0677. The molecule has 1 amide bonds. The van der Waals surface area contributed by atoms with Gasteiger partial charge in [0.25, 0.3) is 5.91 Å². The summed E-state index contributed by atoms with van der Waals surface area (Å²) in [4.78, 5) is 26.8. The summed E-state index contributed by atoms with van der Waals surface area (Å²) in [6, 6.07) is 5.43. The van der Waals surface area contributed by atoms with Gasteiger partial charge in [0.15, 0.2) is 0 Å². The van der Waals surface area contributed by atoms with Crippen LogP contribution in [-0.2, 0) is 4.79 Å². The third-order valence-electron chi connectivity index (χ3n) is 2.44. The van der Waals surface area contributed by atoms with Crippen LogP contribution in [0.3, 0.4) is 0 Å². The first-order valence-electron chi connectivity index (χ1n) is 5.93. The second-order valence-corrected chi connectivity index (χ2v) is 3.79. The van der Waals surface area contributed by atoms with Crippen molar-refractivity contribution < 1.29 is 9.59 Å². The SMILES string of the molecule is CCC=O.O=C(c1ccccn1)N1CCCC1. The Morgan fingerprint density at radius 1 is 1.41 bits per heavy atom. The normalized spacial score (nSPS) is 13.8. The van der Waals surface area contributed by atoms with Crippen molar-refractivity contribution >= 4 is 12.2 Å². The number of pyridine rings is 1. The smallest absolute Gasteiger partial charge is 0.272 e. The highest BCUT2D eigenvalue weighted by Gasteiger charge is 2.19. The molecule has 92 valence electrons. The first kappa shape index (κ1) is 13.4. The van der Waals surface area contributed by atoms with E-state index >= 15 is 0 Å². The highest BCUT2D eigenvalue weighted by atomic mass is 16.2. The van der Waals surface area contributed by atoms with E-state index in [4.69, 9.17) is 0 Å². The zero-order chi connectivity index (χ0) is 12.5. The third kappa shape index (κ3) is 4.34. The van der Waals surface area contributed by atoms with Gasteiger partial charge in [-0.15, -0.1) is 0 Å². The van der Waals surface area contributed by atoms with Gasteiger partial charge in [0.1, 0.15) is 12.0 Å². The fraction of sp³-hybridized carbons (Fsp3) is 0.462.